The molecule has 0 bridgehead atoms. The number of ether oxygens (including phenoxy) is 1. The molecule has 4 heteroatoms. The topological polar surface area (TPSA) is 49.8 Å². The van der Waals surface area contributed by atoms with Crippen LogP contribution in [0.5, 0.6) is 0 Å². The van der Waals surface area contributed by atoms with Crippen LogP contribution < -0.4 is 0 Å². The SMILES string of the molecule is CC(C)(C)OC(=O)N1C[C@@H](c2ccc3ccccc3c2)C[C@H]1CO. The van der Waals surface area contributed by atoms with Gasteiger partial charge in [0.05, 0.1) is 12.6 Å². The summed E-state index contributed by atoms with van der Waals surface area (Å²) in [5.74, 6) is 0.222. The summed E-state index contributed by atoms with van der Waals surface area (Å²) in [6.07, 6.45) is 0.415. The van der Waals surface area contributed by atoms with E-state index in [1.54, 1.807) is 4.90 Å². The highest BCUT2D eigenvalue weighted by Gasteiger charge is 2.37. The van der Waals surface area contributed by atoms with Crippen molar-refractivity contribution in [3.63, 3.8) is 0 Å². The van der Waals surface area contributed by atoms with Crippen molar-refractivity contribution in [1.29, 1.82) is 0 Å². The van der Waals surface area contributed by atoms with Gasteiger partial charge in [-0.15, -0.1) is 0 Å². The zero-order chi connectivity index (χ0) is 17.3. The van der Waals surface area contributed by atoms with E-state index in [1.807, 2.05) is 32.9 Å². The second kappa shape index (κ2) is 6.44. The molecule has 1 aliphatic heterocycles. The van der Waals surface area contributed by atoms with E-state index >= 15 is 0 Å². The zero-order valence-corrected chi connectivity index (χ0v) is 14.5. The number of carbonyl (C=O) groups is 1. The van der Waals surface area contributed by atoms with Gasteiger partial charge in [0.1, 0.15) is 5.60 Å². The summed E-state index contributed by atoms with van der Waals surface area (Å²) in [7, 11) is 0. The summed E-state index contributed by atoms with van der Waals surface area (Å²) in [5.41, 5.74) is 0.677. The quantitative estimate of drug-likeness (QED) is 0.909. The van der Waals surface area contributed by atoms with Crippen molar-refractivity contribution < 1.29 is 14.6 Å². The molecule has 0 radical (unpaired) electrons. The predicted molar refractivity (Wildman–Crippen MR) is 95.1 cm³/mol. The molecule has 2 aromatic rings. The van der Waals surface area contributed by atoms with E-state index in [-0.39, 0.29) is 24.7 Å². The third kappa shape index (κ3) is 3.54. The molecule has 0 spiro atoms. The average molecular weight is 327 g/mol. The second-order valence-corrected chi connectivity index (χ2v) is 7.51. The fourth-order valence-corrected chi connectivity index (χ4v) is 3.34. The lowest BCUT2D eigenvalue weighted by Gasteiger charge is -2.27. The van der Waals surface area contributed by atoms with Gasteiger partial charge in [0.2, 0.25) is 0 Å². The van der Waals surface area contributed by atoms with Crippen molar-refractivity contribution in [2.45, 2.75) is 44.8 Å². The molecule has 1 heterocycles. The van der Waals surface area contributed by atoms with Crippen LogP contribution in [0, 0.1) is 0 Å². The van der Waals surface area contributed by atoms with E-state index in [1.165, 1.54) is 16.3 Å². The van der Waals surface area contributed by atoms with Crippen molar-refractivity contribution in [3.05, 3.63) is 48.0 Å². The Labute approximate surface area is 143 Å². The van der Waals surface area contributed by atoms with Crippen LogP contribution in [0.2, 0.25) is 0 Å². The van der Waals surface area contributed by atoms with E-state index in [2.05, 4.69) is 30.3 Å². The maximum atomic E-state index is 12.4. The van der Waals surface area contributed by atoms with Gasteiger partial charge in [0.25, 0.3) is 0 Å². The number of benzene rings is 2. The third-order valence-corrected chi connectivity index (χ3v) is 4.50. The minimum atomic E-state index is -0.530. The molecule has 128 valence electrons. The number of hydrogen-bond donors (Lipinski definition) is 1. The van der Waals surface area contributed by atoms with E-state index in [0.29, 0.717) is 6.54 Å². The molecule has 24 heavy (non-hydrogen) atoms. The smallest absolute Gasteiger partial charge is 0.410 e. The summed E-state index contributed by atoms with van der Waals surface area (Å²) in [4.78, 5) is 14.1. The number of aliphatic hydroxyl groups is 1. The normalized spacial score (nSPS) is 21.2. The molecule has 1 aliphatic rings. The number of nitrogens with zero attached hydrogens (tertiary/aromatic N) is 1. The van der Waals surface area contributed by atoms with Crippen LogP contribution in [0.1, 0.15) is 38.7 Å². The Morgan fingerprint density at radius 3 is 2.58 bits per heavy atom. The molecule has 1 N–H and O–H groups in total. The lowest BCUT2D eigenvalue weighted by molar-refractivity contribution is 0.0174. The number of aliphatic hydroxyl groups excluding tert-OH is 1. The molecule has 4 nitrogen and oxygen atoms in total. The predicted octanol–water partition coefficient (Wildman–Crippen LogP) is 3.93. The largest absolute Gasteiger partial charge is 0.444 e. The summed E-state index contributed by atoms with van der Waals surface area (Å²) in [5, 5.41) is 12.1. The summed E-state index contributed by atoms with van der Waals surface area (Å²) in [6, 6.07) is 14.5. The van der Waals surface area contributed by atoms with Gasteiger partial charge < -0.3 is 14.7 Å². The van der Waals surface area contributed by atoms with Crippen molar-refractivity contribution in [2.75, 3.05) is 13.2 Å². The van der Waals surface area contributed by atoms with Gasteiger partial charge in [-0.2, -0.15) is 0 Å². The van der Waals surface area contributed by atoms with Crippen molar-refractivity contribution in [2.24, 2.45) is 0 Å². The molecule has 1 saturated heterocycles. The molecule has 0 saturated carbocycles. The first kappa shape index (κ1) is 16.8. The summed E-state index contributed by atoms with van der Waals surface area (Å²) in [6.45, 7) is 6.11. The fourth-order valence-electron chi connectivity index (χ4n) is 3.34. The molecule has 1 amide bonds. The van der Waals surface area contributed by atoms with Crippen LogP contribution in [-0.2, 0) is 4.74 Å². The van der Waals surface area contributed by atoms with Crippen LogP contribution >= 0.6 is 0 Å². The van der Waals surface area contributed by atoms with Crippen LogP contribution in [0.25, 0.3) is 10.8 Å². The van der Waals surface area contributed by atoms with Gasteiger partial charge in [-0.05, 0) is 43.5 Å². The molecule has 0 unspecified atom stereocenters. The van der Waals surface area contributed by atoms with Gasteiger partial charge in [-0.25, -0.2) is 4.79 Å². The molecule has 2 atom stereocenters. The first-order chi connectivity index (χ1) is 11.4. The Bertz CT molecular complexity index is 735. The van der Waals surface area contributed by atoms with Gasteiger partial charge in [0.15, 0.2) is 0 Å². The number of carbonyl (C=O) groups excluding carboxylic acids is 1. The number of likely N-dealkylation sites (tertiary alicyclic amines) is 1. The number of rotatable bonds is 2. The number of hydrogen-bond acceptors (Lipinski definition) is 3. The molecule has 2 aromatic carbocycles. The fraction of sp³-hybridized carbons (Fsp3) is 0.450. The standard InChI is InChI=1S/C20H25NO3/c1-20(2,3)24-19(23)21-12-17(11-18(21)13-22)16-9-8-14-6-4-5-7-15(14)10-16/h4-10,17-18,22H,11-13H2,1-3H3/t17-,18-/m0/s1. The van der Waals surface area contributed by atoms with Crippen LogP contribution in [0.15, 0.2) is 42.5 Å². The average Bonchev–Trinajstić information content (AvgIpc) is 2.97. The summed E-state index contributed by atoms with van der Waals surface area (Å²) >= 11 is 0. The van der Waals surface area contributed by atoms with Gasteiger partial charge in [0, 0.05) is 12.5 Å². The molecular formula is C20H25NO3. The first-order valence-electron chi connectivity index (χ1n) is 8.46. The first-order valence-corrected chi connectivity index (χ1v) is 8.46. The van der Waals surface area contributed by atoms with Gasteiger partial charge >= 0.3 is 6.09 Å². The second-order valence-electron chi connectivity index (χ2n) is 7.51. The Hall–Kier alpha value is -2.07. The van der Waals surface area contributed by atoms with Crippen LogP contribution in [-0.4, -0.2) is 40.9 Å². The number of fused-ring (bicyclic) bond motifs is 1. The molecule has 0 aliphatic carbocycles. The molecule has 3 rings (SSSR count). The lowest BCUT2D eigenvalue weighted by atomic mass is 9.94. The molecule has 0 aromatic heterocycles. The molecular weight excluding hydrogens is 302 g/mol. The van der Waals surface area contributed by atoms with Gasteiger partial charge in [-0.3, -0.25) is 0 Å². The Morgan fingerprint density at radius 2 is 1.92 bits per heavy atom. The van der Waals surface area contributed by atoms with Crippen molar-refractivity contribution >= 4 is 16.9 Å². The van der Waals surface area contributed by atoms with Crippen molar-refractivity contribution in [1.82, 2.24) is 4.90 Å². The minimum absolute atomic E-state index is 0.0384. The lowest BCUT2D eigenvalue weighted by Crippen LogP contribution is -2.41. The van der Waals surface area contributed by atoms with Crippen LogP contribution in [0.3, 0.4) is 0 Å². The van der Waals surface area contributed by atoms with Crippen LogP contribution in [0.4, 0.5) is 4.79 Å². The zero-order valence-electron chi connectivity index (χ0n) is 14.5. The van der Waals surface area contributed by atoms with E-state index in [0.717, 1.165) is 6.42 Å². The van der Waals surface area contributed by atoms with E-state index in [4.69, 9.17) is 4.74 Å². The third-order valence-electron chi connectivity index (χ3n) is 4.50. The Balaban J connectivity index is 1.81. The maximum absolute atomic E-state index is 12.4. The highest BCUT2D eigenvalue weighted by Crippen LogP contribution is 2.34. The summed E-state index contributed by atoms with van der Waals surface area (Å²) < 4.78 is 5.48. The van der Waals surface area contributed by atoms with Crippen molar-refractivity contribution in [3.8, 4) is 0 Å². The number of amides is 1. The maximum Gasteiger partial charge on any atom is 0.410 e. The van der Waals surface area contributed by atoms with E-state index in [9.17, 15) is 9.90 Å². The Kier molecular flexibility index (Phi) is 4.50. The monoisotopic (exact) mass is 327 g/mol. The highest BCUT2D eigenvalue weighted by atomic mass is 16.6. The Morgan fingerprint density at radius 1 is 1.21 bits per heavy atom. The highest BCUT2D eigenvalue weighted by molar-refractivity contribution is 5.83. The minimum Gasteiger partial charge on any atom is -0.444 e. The van der Waals surface area contributed by atoms with E-state index < -0.39 is 5.60 Å². The van der Waals surface area contributed by atoms with Gasteiger partial charge in [-0.1, -0.05) is 42.5 Å². The molecule has 1 fully saturated rings.